The summed E-state index contributed by atoms with van der Waals surface area (Å²) in [4.78, 5) is 14.8. The lowest BCUT2D eigenvalue weighted by atomic mass is 10.4. The molecule has 22 heavy (non-hydrogen) atoms. The highest BCUT2D eigenvalue weighted by Gasteiger charge is 2.38. The highest BCUT2D eigenvalue weighted by atomic mass is 32.2. The quantitative estimate of drug-likeness (QED) is 0.790. The molecule has 2 aromatic heterocycles. The topological polar surface area (TPSA) is 93.8 Å². The second-order valence-corrected chi connectivity index (χ2v) is 6.39. The van der Waals surface area contributed by atoms with E-state index in [0.29, 0.717) is 4.34 Å². The second kappa shape index (κ2) is 7.05. The van der Waals surface area contributed by atoms with Crippen molar-refractivity contribution < 1.29 is 22.5 Å². The van der Waals surface area contributed by atoms with E-state index in [1.807, 2.05) is 6.92 Å². The van der Waals surface area contributed by atoms with Crippen molar-refractivity contribution in [3.05, 3.63) is 16.7 Å². The van der Waals surface area contributed by atoms with Gasteiger partial charge in [-0.3, -0.25) is 4.79 Å². The van der Waals surface area contributed by atoms with Crippen LogP contribution in [-0.2, 0) is 17.4 Å². The summed E-state index contributed by atoms with van der Waals surface area (Å²) in [5.41, 5.74) is 0. The number of hydrogen-bond acceptors (Lipinski definition) is 8. The normalized spacial score (nSPS) is 11.6. The molecule has 0 atom stereocenters. The fourth-order valence-corrected chi connectivity index (χ4v) is 2.94. The molecule has 120 valence electrons. The molecule has 0 fully saturated rings. The zero-order chi connectivity index (χ0) is 16.2. The van der Waals surface area contributed by atoms with Gasteiger partial charge < -0.3 is 9.84 Å². The van der Waals surface area contributed by atoms with Crippen LogP contribution in [0.5, 0.6) is 0 Å². The first-order valence-corrected chi connectivity index (χ1v) is 7.74. The van der Waals surface area contributed by atoms with E-state index in [9.17, 15) is 18.0 Å². The number of thioether (sulfide) groups is 1. The maximum atomic E-state index is 12.2. The first kappa shape index (κ1) is 16.7. The Morgan fingerprint density at radius 1 is 1.41 bits per heavy atom. The monoisotopic (exact) mass is 353 g/mol. The van der Waals surface area contributed by atoms with Gasteiger partial charge in [0, 0.05) is 13.0 Å². The molecule has 12 heteroatoms. The number of carbonyl (C=O) groups is 1. The number of nitrogens with zero attached hydrogens (tertiary/aromatic N) is 4. The number of aryl methyl sites for hydroxylation is 1. The highest BCUT2D eigenvalue weighted by molar-refractivity contribution is 8.01. The smallest absolute Gasteiger partial charge is 0.355 e. The average Bonchev–Trinajstić information content (AvgIpc) is 3.05. The number of nitrogens with one attached hydrogen (secondary N) is 1. The molecule has 0 saturated heterocycles. The molecule has 2 heterocycles. The van der Waals surface area contributed by atoms with Gasteiger partial charge in [-0.2, -0.15) is 18.2 Å². The molecule has 2 aromatic rings. The van der Waals surface area contributed by atoms with Gasteiger partial charge in [-0.1, -0.05) is 28.3 Å². The predicted molar refractivity (Wildman–Crippen MR) is 71.4 cm³/mol. The molecule has 2 rings (SSSR count). The van der Waals surface area contributed by atoms with Crippen molar-refractivity contribution in [1.29, 1.82) is 0 Å². The average molecular weight is 353 g/mol. The van der Waals surface area contributed by atoms with Crippen LogP contribution in [0.15, 0.2) is 8.86 Å². The summed E-state index contributed by atoms with van der Waals surface area (Å²) >= 11 is 2.61. The van der Waals surface area contributed by atoms with Gasteiger partial charge in [0.25, 0.3) is 0 Å². The molecule has 0 bridgehead atoms. The summed E-state index contributed by atoms with van der Waals surface area (Å²) in [7, 11) is 0. The largest absolute Gasteiger partial charge is 0.471 e. The summed E-state index contributed by atoms with van der Waals surface area (Å²) in [5, 5.41) is 14.2. The summed E-state index contributed by atoms with van der Waals surface area (Å²) < 4.78 is 41.5. The number of aromatic nitrogens is 4. The third-order valence-corrected chi connectivity index (χ3v) is 4.19. The lowest BCUT2D eigenvalue weighted by Crippen LogP contribution is -2.27. The molecule has 0 unspecified atom stereocenters. The number of halogens is 3. The van der Waals surface area contributed by atoms with E-state index in [4.69, 9.17) is 0 Å². The fourth-order valence-electron chi connectivity index (χ4n) is 1.30. The maximum absolute atomic E-state index is 12.2. The Kier molecular flexibility index (Phi) is 5.34. The van der Waals surface area contributed by atoms with Crippen molar-refractivity contribution in [2.45, 2.75) is 23.9 Å². The van der Waals surface area contributed by atoms with Crippen LogP contribution < -0.4 is 5.32 Å². The van der Waals surface area contributed by atoms with E-state index in [1.54, 1.807) is 0 Å². The van der Waals surface area contributed by atoms with Crippen LogP contribution >= 0.6 is 23.1 Å². The number of alkyl halides is 3. The van der Waals surface area contributed by atoms with Gasteiger partial charge >= 0.3 is 12.1 Å². The van der Waals surface area contributed by atoms with Crippen LogP contribution in [0.1, 0.15) is 16.7 Å². The zero-order valence-corrected chi connectivity index (χ0v) is 12.8. The lowest BCUT2D eigenvalue weighted by molar-refractivity contribution is -0.159. The third kappa shape index (κ3) is 4.94. The van der Waals surface area contributed by atoms with Crippen molar-refractivity contribution in [3.63, 3.8) is 0 Å². The third-order valence-electron chi connectivity index (χ3n) is 2.22. The molecular formula is C10H10F3N5O2S2. The van der Waals surface area contributed by atoms with Gasteiger partial charge in [-0.05, 0) is 6.92 Å². The Morgan fingerprint density at radius 2 is 2.18 bits per heavy atom. The van der Waals surface area contributed by atoms with E-state index < -0.39 is 12.1 Å². The lowest BCUT2D eigenvalue weighted by Gasteiger charge is -2.01. The number of hydrogen-bond donors (Lipinski definition) is 1. The van der Waals surface area contributed by atoms with Crippen LogP contribution in [-0.4, -0.2) is 38.5 Å². The Hall–Kier alpha value is -1.69. The zero-order valence-electron chi connectivity index (χ0n) is 11.2. The number of rotatable bonds is 6. The van der Waals surface area contributed by atoms with Gasteiger partial charge in [-0.25, -0.2) is 0 Å². The molecule has 1 N–H and O–H groups in total. The van der Waals surface area contributed by atoms with Crippen LogP contribution in [0.4, 0.5) is 13.2 Å². The summed E-state index contributed by atoms with van der Waals surface area (Å²) in [6, 6.07) is 0. The predicted octanol–water partition coefficient (Wildman–Crippen LogP) is 1.70. The van der Waals surface area contributed by atoms with Crippen molar-refractivity contribution in [2.24, 2.45) is 0 Å². The SMILES string of the molecule is Cc1nnc(SCC(=O)NCCc2noc(C(F)(F)F)n2)s1. The molecule has 0 saturated carbocycles. The Bertz CT molecular complexity index is 643. The van der Waals surface area contributed by atoms with E-state index in [2.05, 4.69) is 30.2 Å². The first-order chi connectivity index (χ1) is 10.3. The molecule has 0 aliphatic carbocycles. The molecule has 0 aliphatic heterocycles. The van der Waals surface area contributed by atoms with Gasteiger partial charge in [0.05, 0.1) is 5.75 Å². The van der Waals surface area contributed by atoms with E-state index in [0.717, 1.165) is 5.01 Å². The van der Waals surface area contributed by atoms with E-state index >= 15 is 0 Å². The molecule has 0 aromatic carbocycles. The minimum atomic E-state index is -4.66. The summed E-state index contributed by atoms with van der Waals surface area (Å²) in [6.45, 7) is 1.92. The fraction of sp³-hybridized carbons (Fsp3) is 0.500. The molecule has 7 nitrogen and oxygen atoms in total. The molecule has 1 amide bonds. The van der Waals surface area contributed by atoms with Crippen molar-refractivity contribution in [1.82, 2.24) is 25.7 Å². The van der Waals surface area contributed by atoms with Crippen LogP contribution in [0.2, 0.25) is 0 Å². The molecular weight excluding hydrogens is 343 g/mol. The highest BCUT2D eigenvalue weighted by Crippen LogP contribution is 2.27. The molecule has 0 aliphatic rings. The van der Waals surface area contributed by atoms with Crippen LogP contribution in [0.3, 0.4) is 0 Å². The van der Waals surface area contributed by atoms with E-state index in [-0.39, 0.29) is 30.5 Å². The van der Waals surface area contributed by atoms with Gasteiger partial charge in [0.1, 0.15) is 5.01 Å². The van der Waals surface area contributed by atoms with Gasteiger partial charge in [0.15, 0.2) is 10.2 Å². The second-order valence-electron chi connectivity index (χ2n) is 3.99. The number of amides is 1. The summed E-state index contributed by atoms with van der Waals surface area (Å²) in [6.07, 6.45) is -4.61. The summed E-state index contributed by atoms with van der Waals surface area (Å²) in [5.74, 6) is -1.62. The Balaban J connectivity index is 1.69. The Labute approximate surface area is 130 Å². The number of carbonyl (C=O) groups excluding carboxylic acids is 1. The van der Waals surface area contributed by atoms with Gasteiger partial charge in [0.2, 0.25) is 5.91 Å². The minimum Gasteiger partial charge on any atom is -0.355 e. The van der Waals surface area contributed by atoms with Gasteiger partial charge in [-0.15, -0.1) is 10.2 Å². The van der Waals surface area contributed by atoms with E-state index in [1.165, 1.54) is 23.1 Å². The first-order valence-electron chi connectivity index (χ1n) is 5.94. The van der Waals surface area contributed by atoms with Crippen molar-refractivity contribution in [2.75, 3.05) is 12.3 Å². The van der Waals surface area contributed by atoms with Crippen LogP contribution in [0, 0.1) is 6.92 Å². The Morgan fingerprint density at radius 3 is 2.77 bits per heavy atom. The van der Waals surface area contributed by atoms with Crippen molar-refractivity contribution >= 4 is 29.0 Å². The molecule has 0 radical (unpaired) electrons. The van der Waals surface area contributed by atoms with Crippen molar-refractivity contribution in [3.8, 4) is 0 Å². The minimum absolute atomic E-state index is 0.0495. The standard InChI is InChI=1S/C10H10F3N5O2S2/c1-5-16-17-9(22-5)21-4-7(19)14-3-2-6-15-8(20-18-6)10(11,12)13/h2-4H2,1H3,(H,14,19). The molecule has 0 spiro atoms. The maximum Gasteiger partial charge on any atom is 0.471 e. The van der Waals surface area contributed by atoms with Crippen LogP contribution in [0.25, 0.3) is 0 Å².